The minimum atomic E-state index is -0.0563. The van der Waals surface area contributed by atoms with Crippen LogP contribution in [0.25, 0.3) is 0 Å². The molecule has 21 heavy (non-hydrogen) atoms. The SMILES string of the molecule is COc1c(C(Cc2ccccc2Cl)NN)ccc(C)c1C. The van der Waals surface area contributed by atoms with Crippen LogP contribution in [0, 0.1) is 13.8 Å². The molecular weight excluding hydrogens is 284 g/mol. The van der Waals surface area contributed by atoms with E-state index in [9.17, 15) is 0 Å². The number of benzene rings is 2. The van der Waals surface area contributed by atoms with Gasteiger partial charge < -0.3 is 4.74 Å². The van der Waals surface area contributed by atoms with Gasteiger partial charge in [-0.3, -0.25) is 11.3 Å². The monoisotopic (exact) mass is 304 g/mol. The Morgan fingerprint density at radius 1 is 1.19 bits per heavy atom. The quantitative estimate of drug-likeness (QED) is 0.654. The number of nitrogens with one attached hydrogen (secondary N) is 1. The number of rotatable bonds is 5. The van der Waals surface area contributed by atoms with Crippen molar-refractivity contribution in [2.45, 2.75) is 26.3 Å². The first-order valence-corrected chi connectivity index (χ1v) is 7.30. The molecule has 0 heterocycles. The van der Waals surface area contributed by atoms with Crippen molar-refractivity contribution in [2.24, 2.45) is 5.84 Å². The third-order valence-corrected chi connectivity index (χ3v) is 4.24. The van der Waals surface area contributed by atoms with E-state index in [-0.39, 0.29) is 6.04 Å². The Balaban J connectivity index is 2.38. The summed E-state index contributed by atoms with van der Waals surface area (Å²) in [6.07, 6.45) is 0.703. The first-order valence-electron chi connectivity index (χ1n) is 6.92. The van der Waals surface area contributed by atoms with Crippen molar-refractivity contribution in [3.63, 3.8) is 0 Å². The highest BCUT2D eigenvalue weighted by Gasteiger charge is 2.18. The lowest BCUT2D eigenvalue weighted by molar-refractivity contribution is 0.395. The molecule has 0 bridgehead atoms. The molecule has 1 unspecified atom stereocenters. The van der Waals surface area contributed by atoms with E-state index in [4.69, 9.17) is 22.2 Å². The number of hydrogen-bond donors (Lipinski definition) is 2. The van der Waals surface area contributed by atoms with Crippen LogP contribution in [0.1, 0.15) is 28.3 Å². The molecule has 2 aromatic carbocycles. The van der Waals surface area contributed by atoms with Crippen molar-refractivity contribution in [3.8, 4) is 5.75 Å². The third kappa shape index (κ3) is 3.38. The molecule has 0 radical (unpaired) electrons. The van der Waals surface area contributed by atoms with E-state index in [2.05, 4.69) is 31.4 Å². The summed E-state index contributed by atoms with van der Waals surface area (Å²) < 4.78 is 5.58. The van der Waals surface area contributed by atoms with Gasteiger partial charge in [-0.15, -0.1) is 0 Å². The number of nitrogens with two attached hydrogens (primary N) is 1. The van der Waals surface area contributed by atoms with Gasteiger partial charge in [0.15, 0.2) is 0 Å². The van der Waals surface area contributed by atoms with Gasteiger partial charge in [0.1, 0.15) is 5.75 Å². The van der Waals surface area contributed by atoms with Gasteiger partial charge in [0.25, 0.3) is 0 Å². The van der Waals surface area contributed by atoms with Crippen molar-refractivity contribution >= 4 is 11.6 Å². The molecular formula is C17H21ClN2O. The van der Waals surface area contributed by atoms with Gasteiger partial charge in [0.2, 0.25) is 0 Å². The van der Waals surface area contributed by atoms with Crippen LogP contribution < -0.4 is 16.0 Å². The fourth-order valence-corrected chi connectivity index (χ4v) is 2.71. The van der Waals surface area contributed by atoms with Crippen LogP contribution >= 0.6 is 11.6 Å². The number of halogens is 1. The largest absolute Gasteiger partial charge is 0.496 e. The average molecular weight is 305 g/mol. The molecule has 0 spiro atoms. The molecule has 2 rings (SSSR count). The minimum absolute atomic E-state index is 0.0563. The summed E-state index contributed by atoms with van der Waals surface area (Å²) in [6, 6.07) is 11.9. The lowest BCUT2D eigenvalue weighted by atomic mass is 9.95. The summed E-state index contributed by atoms with van der Waals surface area (Å²) >= 11 is 6.24. The van der Waals surface area contributed by atoms with Crippen molar-refractivity contribution < 1.29 is 4.74 Å². The molecule has 0 aliphatic carbocycles. The summed E-state index contributed by atoms with van der Waals surface area (Å²) in [7, 11) is 1.69. The minimum Gasteiger partial charge on any atom is -0.496 e. The summed E-state index contributed by atoms with van der Waals surface area (Å²) in [6.45, 7) is 4.13. The molecule has 4 heteroatoms. The van der Waals surface area contributed by atoms with Gasteiger partial charge in [-0.1, -0.05) is 41.9 Å². The molecule has 2 aromatic rings. The van der Waals surface area contributed by atoms with Crippen molar-refractivity contribution in [1.29, 1.82) is 0 Å². The third-order valence-electron chi connectivity index (χ3n) is 3.87. The van der Waals surface area contributed by atoms with E-state index < -0.39 is 0 Å². The Morgan fingerprint density at radius 3 is 2.52 bits per heavy atom. The Kier molecular flexibility index (Phi) is 5.23. The molecule has 3 nitrogen and oxygen atoms in total. The van der Waals surface area contributed by atoms with Gasteiger partial charge in [0, 0.05) is 10.6 Å². The predicted molar refractivity (Wildman–Crippen MR) is 87.7 cm³/mol. The highest BCUT2D eigenvalue weighted by Crippen LogP contribution is 2.33. The topological polar surface area (TPSA) is 47.3 Å². The summed E-state index contributed by atoms with van der Waals surface area (Å²) in [5.41, 5.74) is 7.31. The molecule has 3 N–H and O–H groups in total. The van der Waals surface area contributed by atoms with Crippen molar-refractivity contribution in [2.75, 3.05) is 7.11 Å². The van der Waals surface area contributed by atoms with E-state index in [1.54, 1.807) is 7.11 Å². The first kappa shape index (κ1) is 15.8. The lowest BCUT2D eigenvalue weighted by Crippen LogP contribution is -2.30. The van der Waals surface area contributed by atoms with Gasteiger partial charge in [0.05, 0.1) is 13.2 Å². The second-order valence-corrected chi connectivity index (χ2v) is 5.55. The summed E-state index contributed by atoms with van der Waals surface area (Å²) in [5.74, 6) is 6.65. The normalized spacial score (nSPS) is 12.2. The second-order valence-electron chi connectivity index (χ2n) is 5.14. The summed E-state index contributed by atoms with van der Waals surface area (Å²) in [4.78, 5) is 0. The number of aryl methyl sites for hydroxylation is 1. The molecule has 0 saturated heterocycles. The Morgan fingerprint density at radius 2 is 1.90 bits per heavy atom. The zero-order chi connectivity index (χ0) is 15.4. The Labute approximate surface area is 131 Å². The van der Waals surface area contributed by atoms with Crippen molar-refractivity contribution in [3.05, 3.63) is 63.7 Å². The van der Waals surface area contributed by atoms with Crippen LogP contribution in [0.3, 0.4) is 0 Å². The zero-order valence-electron chi connectivity index (χ0n) is 12.6. The number of hydrazine groups is 1. The van der Waals surface area contributed by atoms with Gasteiger partial charge in [-0.25, -0.2) is 0 Å². The maximum absolute atomic E-state index is 6.24. The Hall–Kier alpha value is -1.55. The molecule has 0 aliphatic heterocycles. The van der Waals surface area contributed by atoms with E-state index in [1.165, 1.54) is 5.56 Å². The van der Waals surface area contributed by atoms with E-state index in [0.717, 1.165) is 27.5 Å². The molecule has 112 valence electrons. The molecule has 0 aliphatic rings. The maximum atomic E-state index is 6.24. The number of ether oxygens (including phenoxy) is 1. The van der Waals surface area contributed by atoms with Crippen LogP contribution in [-0.4, -0.2) is 7.11 Å². The fourth-order valence-electron chi connectivity index (χ4n) is 2.50. The van der Waals surface area contributed by atoms with E-state index in [0.29, 0.717) is 6.42 Å². The predicted octanol–water partition coefficient (Wildman–Crippen LogP) is 3.71. The molecule has 0 fully saturated rings. The maximum Gasteiger partial charge on any atom is 0.126 e. The molecule has 0 amide bonds. The number of methoxy groups -OCH3 is 1. The van der Waals surface area contributed by atoms with Crippen LogP contribution in [0.2, 0.25) is 5.02 Å². The average Bonchev–Trinajstić information content (AvgIpc) is 2.49. The van der Waals surface area contributed by atoms with Crippen LogP contribution in [0.15, 0.2) is 36.4 Å². The van der Waals surface area contributed by atoms with Crippen molar-refractivity contribution in [1.82, 2.24) is 5.43 Å². The lowest BCUT2D eigenvalue weighted by Gasteiger charge is -2.22. The van der Waals surface area contributed by atoms with Crippen LogP contribution in [0.4, 0.5) is 0 Å². The van der Waals surface area contributed by atoms with Crippen LogP contribution in [0.5, 0.6) is 5.75 Å². The molecule has 1 atom stereocenters. The zero-order valence-corrected chi connectivity index (χ0v) is 13.4. The van der Waals surface area contributed by atoms with Crippen LogP contribution in [-0.2, 0) is 6.42 Å². The smallest absolute Gasteiger partial charge is 0.126 e. The highest BCUT2D eigenvalue weighted by molar-refractivity contribution is 6.31. The Bertz CT molecular complexity index is 628. The van der Waals surface area contributed by atoms with Gasteiger partial charge in [-0.05, 0) is 43.0 Å². The second kappa shape index (κ2) is 6.94. The van der Waals surface area contributed by atoms with Gasteiger partial charge >= 0.3 is 0 Å². The molecule has 0 saturated carbocycles. The highest BCUT2D eigenvalue weighted by atomic mass is 35.5. The first-order chi connectivity index (χ1) is 10.1. The standard InChI is InChI=1S/C17H21ClN2O/c1-11-8-9-14(17(21-3)12(11)2)16(20-19)10-13-6-4-5-7-15(13)18/h4-9,16,20H,10,19H2,1-3H3. The van der Waals surface area contributed by atoms with Gasteiger partial charge in [-0.2, -0.15) is 0 Å². The van der Waals surface area contributed by atoms with E-state index in [1.807, 2.05) is 24.3 Å². The van der Waals surface area contributed by atoms with E-state index >= 15 is 0 Å². The number of hydrogen-bond acceptors (Lipinski definition) is 3. The molecule has 0 aromatic heterocycles. The fraction of sp³-hybridized carbons (Fsp3) is 0.294. The summed E-state index contributed by atoms with van der Waals surface area (Å²) in [5, 5.41) is 0.751.